The summed E-state index contributed by atoms with van der Waals surface area (Å²) in [5.41, 5.74) is 5.69. The number of carbonyl (C=O) groups is 1. The Labute approximate surface area is 225 Å². The first-order valence-corrected chi connectivity index (χ1v) is 13.0. The highest BCUT2D eigenvalue weighted by atomic mass is 32.1. The van der Waals surface area contributed by atoms with Crippen LogP contribution in [0.1, 0.15) is 21.5 Å². The molecule has 0 aliphatic rings. The molecule has 192 valence electrons. The Morgan fingerprint density at radius 2 is 1.51 bits per heavy atom. The van der Waals surface area contributed by atoms with Gasteiger partial charge in [-0.15, -0.1) is 16.4 Å². The highest BCUT2D eigenvalue weighted by Crippen LogP contribution is 2.26. The minimum Gasteiger partial charge on any atom is -0.422 e. The third-order valence-corrected chi connectivity index (χ3v) is 7.41. The van der Waals surface area contributed by atoms with Gasteiger partial charge in [-0.3, -0.25) is 9.36 Å². The van der Waals surface area contributed by atoms with E-state index in [-0.39, 0.29) is 5.56 Å². The first kappa shape index (κ1) is 24.3. The Bertz CT molecular complexity index is 2100. The lowest BCUT2D eigenvalue weighted by Crippen LogP contribution is -2.28. The van der Waals surface area contributed by atoms with Crippen LogP contribution in [0, 0.1) is 13.8 Å². The van der Waals surface area contributed by atoms with E-state index in [0.717, 1.165) is 22.2 Å². The molecule has 3 heterocycles. The molecule has 8 nitrogen and oxygen atoms in total. The summed E-state index contributed by atoms with van der Waals surface area (Å²) in [4.78, 5) is 38.9. The molecule has 1 N–H and O–H groups in total. The quantitative estimate of drug-likeness (QED) is 0.244. The molecule has 0 aliphatic carbocycles. The Kier molecular flexibility index (Phi) is 6.05. The molecule has 0 spiro atoms. The topological polar surface area (TPSA) is 107 Å². The molecule has 0 aliphatic heterocycles. The van der Waals surface area contributed by atoms with Crippen LogP contribution >= 0.6 is 11.3 Å². The molecule has 0 unspecified atom stereocenters. The van der Waals surface area contributed by atoms with Crippen molar-refractivity contribution in [1.29, 1.82) is 0 Å². The molecule has 0 atom stereocenters. The molecule has 3 aromatic carbocycles. The second-order valence-electron chi connectivity index (χ2n) is 8.98. The molecule has 1 amide bonds. The van der Waals surface area contributed by atoms with Gasteiger partial charge in [0.15, 0.2) is 0 Å². The lowest BCUT2D eigenvalue weighted by molar-refractivity contribution is 0.0949. The fourth-order valence-corrected chi connectivity index (χ4v) is 5.26. The summed E-state index contributed by atoms with van der Waals surface area (Å²) >= 11 is 1.24. The van der Waals surface area contributed by atoms with Gasteiger partial charge in [0.05, 0.1) is 16.9 Å². The zero-order valence-electron chi connectivity index (χ0n) is 20.9. The average Bonchev–Trinajstić information content (AvgIpc) is 3.35. The number of thiazole rings is 1. The van der Waals surface area contributed by atoms with Crippen LogP contribution in [-0.4, -0.2) is 10.5 Å². The Balaban J connectivity index is 1.50. The van der Waals surface area contributed by atoms with Gasteiger partial charge in [-0.05, 0) is 55.3 Å². The monoisotopic (exact) mass is 535 g/mol. The van der Waals surface area contributed by atoms with Crippen LogP contribution < -0.4 is 21.5 Å². The van der Waals surface area contributed by atoms with Gasteiger partial charge in [-0.25, -0.2) is 15.0 Å². The number of hydrogen-bond acceptors (Lipinski definition) is 7. The van der Waals surface area contributed by atoms with E-state index in [0.29, 0.717) is 32.6 Å². The molecule has 0 radical (unpaired) electrons. The van der Waals surface area contributed by atoms with Crippen molar-refractivity contribution >= 4 is 39.2 Å². The Morgan fingerprint density at radius 1 is 0.846 bits per heavy atom. The maximum absolute atomic E-state index is 13.1. The highest BCUT2D eigenvalue weighted by Gasteiger charge is 2.18. The predicted molar refractivity (Wildman–Crippen MR) is 150 cm³/mol. The molecular weight excluding hydrogens is 514 g/mol. The van der Waals surface area contributed by atoms with E-state index in [1.165, 1.54) is 17.4 Å². The number of fused-ring (bicyclic) bond motifs is 2. The summed E-state index contributed by atoms with van der Waals surface area (Å²) in [6, 6.07) is 23.3. The maximum atomic E-state index is 13.1. The van der Waals surface area contributed by atoms with Crippen LogP contribution in [0.15, 0.2) is 108 Å². The van der Waals surface area contributed by atoms with Crippen molar-refractivity contribution in [3.8, 4) is 16.9 Å². The zero-order valence-corrected chi connectivity index (χ0v) is 21.7. The number of benzene rings is 3. The summed E-state index contributed by atoms with van der Waals surface area (Å²) in [6.07, 6.45) is 0. The Hall–Kier alpha value is -5.02. The number of hydrogen-bond donors (Lipinski definition) is 1. The average molecular weight is 536 g/mol. The standard InChI is InChI=1S/C30H21N3O5S/c1-17-8-7-11-23(18(17)2)33-24(21-14-19-9-3-5-12-25(19)37-28(21)35)16-39-30(33)32-31-27(34)22-15-20-10-4-6-13-26(20)38-29(22)36/h3-16H,1-2H3,(H,31,34)/b32-30+. The van der Waals surface area contributed by atoms with Crippen molar-refractivity contribution in [1.82, 2.24) is 9.99 Å². The molecular formula is C30H21N3O5S. The fraction of sp³-hybridized carbons (Fsp3) is 0.0667. The lowest BCUT2D eigenvalue weighted by Gasteiger charge is -2.13. The summed E-state index contributed by atoms with van der Waals surface area (Å²) in [5.74, 6) is -0.706. The molecule has 9 heteroatoms. The predicted octanol–water partition coefficient (Wildman–Crippen LogP) is 5.28. The van der Waals surface area contributed by atoms with Gasteiger partial charge >= 0.3 is 11.3 Å². The summed E-state index contributed by atoms with van der Waals surface area (Å²) in [6.45, 7) is 3.97. The second-order valence-corrected chi connectivity index (χ2v) is 9.82. The molecule has 39 heavy (non-hydrogen) atoms. The molecule has 0 saturated carbocycles. The number of nitrogens with one attached hydrogen (secondary N) is 1. The minimum atomic E-state index is -0.760. The van der Waals surface area contributed by atoms with E-state index in [2.05, 4.69) is 10.5 Å². The number of aromatic nitrogens is 1. The number of nitrogens with zero attached hydrogens (tertiary/aromatic N) is 2. The van der Waals surface area contributed by atoms with Crippen molar-refractivity contribution in [2.75, 3.05) is 0 Å². The highest BCUT2D eigenvalue weighted by molar-refractivity contribution is 7.07. The van der Waals surface area contributed by atoms with Crippen LogP contribution in [0.2, 0.25) is 0 Å². The van der Waals surface area contributed by atoms with E-state index in [4.69, 9.17) is 8.83 Å². The molecule has 0 bridgehead atoms. The molecule has 3 aromatic heterocycles. The first-order valence-electron chi connectivity index (χ1n) is 12.1. The summed E-state index contributed by atoms with van der Waals surface area (Å²) in [5, 5.41) is 7.55. The summed E-state index contributed by atoms with van der Waals surface area (Å²) < 4.78 is 12.7. The number of rotatable bonds is 4. The minimum absolute atomic E-state index is 0.164. The normalized spacial score (nSPS) is 11.8. The SMILES string of the molecule is Cc1cccc(-n2c(-c3cc4ccccc4oc3=O)cs/c2=N/NC(=O)c2cc3ccccc3oc2=O)c1C. The lowest BCUT2D eigenvalue weighted by atomic mass is 10.1. The molecule has 0 saturated heterocycles. The zero-order chi connectivity index (χ0) is 27.1. The van der Waals surface area contributed by atoms with Crippen LogP contribution in [0.4, 0.5) is 0 Å². The van der Waals surface area contributed by atoms with Crippen molar-refractivity contribution in [3.63, 3.8) is 0 Å². The second kappa shape index (κ2) is 9.70. The van der Waals surface area contributed by atoms with E-state index in [1.807, 2.05) is 50.2 Å². The number of amides is 1. The van der Waals surface area contributed by atoms with Crippen LogP contribution in [0.25, 0.3) is 38.9 Å². The summed E-state index contributed by atoms with van der Waals surface area (Å²) in [7, 11) is 0. The van der Waals surface area contributed by atoms with E-state index in [1.54, 1.807) is 46.3 Å². The van der Waals surface area contributed by atoms with Gasteiger partial charge in [0.2, 0.25) is 4.80 Å². The largest absolute Gasteiger partial charge is 0.422 e. The molecule has 0 fully saturated rings. The third-order valence-electron chi connectivity index (χ3n) is 6.58. The smallest absolute Gasteiger partial charge is 0.349 e. The molecule has 6 aromatic rings. The van der Waals surface area contributed by atoms with Gasteiger partial charge in [0, 0.05) is 16.2 Å². The first-order chi connectivity index (χ1) is 18.9. The van der Waals surface area contributed by atoms with Gasteiger partial charge in [-0.1, -0.05) is 48.5 Å². The van der Waals surface area contributed by atoms with Crippen LogP contribution in [0.3, 0.4) is 0 Å². The number of para-hydroxylation sites is 2. The van der Waals surface area contributed by atoms with E-state index in [9.17, 15) is 14.4 Å². The fourth-order valence-electron chi connectivity index (χ4n) is 4.41. The van der Waals surface area contributed by atoms with Gasteiger partial charge in [0.1, 0.15) is 16.7 Å². The number of carbonyl (C=O) groups excluding carboxylic acids is 1. The van der Waals surface area contributed by atoms with Gasteiger partial charge in [0.25, 0.3) is 5.91 Å². The van der Waals surface area contributed by atoms with Crippen molar-refractivity contribution in [2.24, 2.45) is 5.10 Å². The van der Waals surface area contributed by atoms with Gasteiger partial charge in [-0.2, -0.15) is 0 Å². The maximum Gasteiger partial charge on any atom is 0.349 e. The van der Waals surface area contributed by atoms with Crippen LogP contribution in [0.5, 0.6) is 0 Å². The van der Waals surface area contributed by atoms with Crippen molar-refractivity contribution < 1.29 is 13.6 Å². The van der Waals surface area contributed by atoms with Crippen molar-refractivity contribution in [3.05, 3.63) is 127 Å². The number of aryl methyl sites for hydroxylation is 1. The Morgan fingerprint density at radius 3 is 2.26 bits per heavy atom. The van der Waals surface area contributed by atoms with E-state index >= 15 is 0 Å². The third kappa shape index (κ3) is 4.38. The van der Waals surface area contributed by atoms with Gasteiger partial charge < -0.3 is 8.83 Å². The van der Waals surface area contributed by atoms with Crippen molar-refractivity contribution in [2.45, 2.75) is 13.8 Å². The van der Waals surface area contributed by atoms with Crippen LogP contribution in [-0.2, 0) is 0 Å². The van der Waals surface area contributed by atoms with E-state index < -0.39 is 17.2 Å². The molecule has 6 rings (SSSR count).